The highest BCUT2D eigenvalue weighted by Gasteiger charge is 2.25. The maximum atomic E-state index is 12.6. The van der Waals surface area contributed by atoms with Gasteiger partial charge in [-0.2, -0.15) is 0 Å². The maximum Gasteiger partial charge on any atom is 0.235 e. The molecule has 0 aliphatic rings. The minimum Gasteiger partial charge on any atom is -0.492 e. The van der Waals surface area contributed by atoms with Crippen LogP contribution in [0.5, 0.6) is 5.75 Å². The second-order valence-corrected chi connectivity index (χ2v) is 5.81. The predicted molar refractivity (Wildman–Crippen MR) is 91.2 cm³/mol. The molecule has 0 fully saturated rings. The molecular weight excluding hydrogens is 314 g/mol. The van der Waals surface area contributed by atoms with Gasteiger partial charge in [0.25, 0.3) is 0 Å². The predicted octanol–water partition coefficient (Wildman–Crippen LogP) is 2.69. The van der Waals surface area contributed by atoms with E-state index in [0.717, 1.165) is 4.88 Å². The normalized spacial score (nSPS) is 12.7. The van der Waals surface area contributed by atoms with Crippen molar-refractivity contribution in [2.45, 2.75) is 13.3 Å². The first-order valence-corrected chi connectivity index (χ1v) is 8.06. The molecule has 4 N–H and O–H groups in total. The van der Waals surface area contributed by atoms with Crippen LogP contribution in [0.2, 0.25) is 0 Å². The van der Waals surface area contributed by atoms with Crippen molar-refractivity contribution >= 4 is 28.8 Å². The third-order valence-corrected chi connectivity index (χ3v) is 4.12. The third-order valence-electron chi connectivity index (χ3n) is 3.22. The molecule has 2 rings (SSSR count). The fourth-order valence-corrected chi connectivity index (χ4v) is 2.85. The molecule has 1 heterocycles. The molecule has 0 saturated carbocycles. The lowest BCUT2D eigenvalue weighted by molar-refractivity contribution is -0.118. The van der Waals surface area contributed by atoms with Gasteiger partial charge in [0, 0.05) is 11.3 Å². The van der Waals surface area contributed by atoms with Crippen molar-refractivity contribution < 1.29 is 14.7 Å². The van der Waals surface area contributed by atoms with E-state index < -0.39 is 5.92 Å². The van der Waals surface area contributed by atoms with E-state index >= 15 is 0 Å². The van der Waals surface area contributed by atoms with E-state index in [-0.39, 0.29) is 11.7 Å². The van der Waals surface area contributed by atoms with E-state index in [4.69, 9.17) is 15.7 Å². The Morgan fingerprint density at radius 1 is 1.39 bits per heavy atom. The lowest BCUT2D eigenvalue weighted by atomic mass is 10.0. The van der Waals surface area contributed by atoms with Gasteiger partial charge >= 0.3 is 0 Å². The van der Waals surface area contributed by atoms with Crippen molar-refractivity contribution in [3.63, 3.8) is 0 Å². The van der Waals surface area contributed by atoms with Crippen LogP contribution in [0, 0.1) is 5.92 Å². The zero-order chi connectivity index (χ0) is 16.7. The Morgan fingerprint density at radius 2 is 2.17 bits per heavy atom. The van der Waals surface area contributed by atoms with Crippen LogP contribution in [0.1, 0.15) is 11.8 Å². The second kappa shape index (κ2) is 8.19. The van der Waals surface area contributed by atoms with Crippen LogP contribution < -0.4 is 15.8 Å². The monoisotopic (exact) mass is 333 g/mol. The van der Waals surface area contributed by atoms with E-state index in [1.807, 2.05) is 30.5 Å². The molecule has 0 aliphatic carbocycles. The average Bonchev–Trinajstić information content (AvgIpc) is 3.07. The van der Waals surface area contributed by atoms with Gasteiger partial charge in [0.15, 0.2) is 5.84 Å². The number of carbonyl (C=O) groups is 1. The van der Waals surface area contributed by atoms with Crippen molar-refractivity contribution in [3.05, 3.63) is 46.7 Å². The highest BCUT2D eigenvalue weighted by molar-refractivity contribution is 7.09. The van der Waals surface area contributed by atoms with Crippen molar-refractivity contribution in [3.8, 4) is 5.75 Å². The summed E-state index contributed by atoms with van der Waals surface area (Å²) in [5.41, 5.74) is 6.25. The molecule has 1 aromatic carbocycles. The minimum absolute atomic E-state index is 0.121. The van der Waals surface area contributed by atoms with E-state index in [1.165, 1.54) is 11.3 Å². The standard InChI is InChI=1S/C16H19N3O3S/c1-2-22-14-8-4-3-7-13(14)18-16(20)12(15(17)19-21)10-11-6-5-9-23-11/h3-9,12,21H,2,10H2,1H3,(H2,17,19)(H,18,20)/t12-/m1/s1. The molecule has 0 unspecified atom stereocenters. The molecular formula is C16H19N3O3S. The number of anilines is 1. The fraction of sp³-hybridized carbons (Fsp3) is 0.250. The maximum absolute atomic E-state index is 12.6. The number of nitrogens with zero attached hydrogens (tertiary/aromatic N) is 1. The lowest BCUT2D eigenvalue weighted by Gasteiger charge is -2.16. The topological polar surface area (TPSA) is 96.9 Å². The molecule has 1 amide bonds. The van der Waals surface area contributed by atoms with Crippen LogP contribution in [0.3, 0.4) is 0 Å². The van der Waals surface area contributed by atoms with Crippen LogP contribution in [-0.2, 0) is 11.2 Å². The average molecular weight is 333 g/mol. The molecule has 2 aromatic rings. The Morgan fingerprint density at radius 3 is 2.83 bits per heavy atom. The smallest absolute Gasteiger partial charge is 0.235 e. The Balaban J connectivity index is 2.18. The van der Waals surface area contributed by atoms with Crippen LogP contribution in [0.4, 0.5) is 5.69 Å². The molecule has 1 aromatic heterocycles. The summed E-state index contributed by atoms with van der Waals surface area (Å²) in [6, 6.07) is 11.0. The van der Waals surface area contributed by atoms with Crippen molar-refractivity contribution in [1.82, 2.24) is 0 Å². The number of hydrogen-bond donors (Lipinski definition) is 3. The first-order chi connectivity index (χ1) is 11.2. The van der Waals surface area contributed by atoms with Crippen molar-refractivity contribution in [2.75, 3.05) is 11.9 Å². The van der Waals surface area contributed by atoms with Gasteiger partial charge in [-0.1, -0.05) is 23.4 Å². The summed E-state index contributed by atoms with van der Waals surface area (Å²) >= 11 is 1.52. The molecule has 122 valence electrons. The number of carbonyl (C=O) groups excluding carboxylic acids is 1. The van der Waals surface area contributed by atoms with E-state index in [2.05, 4.69) is 10.5 Å². The molecule has 0 spiro atoms. The Kier molecular flexibility index (Phi) is 5.99. The number of benzene rings is 1. The molecule has 0 radical (unpaired) electrons. The first-order valence-electron chi connectivity index (χ1n) is 7.18. The van der Waals surface area contributed by atoms with Crippen LogP contribution >= 0.6 is 11.3 Å². The summed E-state index contributed by atoms with van der Waals surface area (Å²) in [6.45, 7) is 2.36. The Hall–Kier alpha value is -2.54. The fourth-order valence-electron chi connectivity index (χ4n) is 2.10. The number of nitrogens with two attached hydrogens (primary N) is 1. The summed E-state index contributed by atoms with van der Waals surface area (Å²) < 4.78 is 5.49. The lowest BCUT2D eigenvalue weighted by Crippen LogP contribution is -2.36. The molecule has 0 bridgehead atoms. The summed E-state index contributed by atoms with van der Waals surface area (Å²) in [5, 5.41) is 16.7. The van der Waals surface area contributed by atoms with Gasteiger partial charge in [-0.25, -0.2) is 0 Å². The molecule has 7 heteroatoms. The molecule has 23 heavy (non-hydrogen) atoms. The summed E-state index contributed by atoms with van der Waals surface area (Å²) in [5.74, 6) is -0.642. The number of oxime groups is 1. The largest absolute Gasteiger partial charge is 0.492 e. The zero-order valence-corrected chi connectivity index (χ0v) is 13.5. The summed E-state index contributed by atoms with van der Waals surface area (Å²) in [4.78, 5) is 13.5. The third kappa shape index (κ3) is 4.46. The van der Waals surface area contributed by atoms with Gasteiger partial charge in [-0.05, 0) is 30.5 Å². The van der Waals surface area contributed by atoms with Crippen LogP contribution in [0.15, 0.2) is 46.9 Å². The zero-order valence-electron chi connectivity index (χ0n) is 12.7. The van der Waals surface area contributed by atoms with Gasteiger partial charge in [0.05, 0.1) is 12.3 Å². The number of amides is 1. The van der Waals surface area contributed by atoms with Gasteiger partial charge in [0.1, 0.15) is 11.7 Å². The van der Waals surface area contributed by atoms with Crippen molar-refractivity contribution in [1.29, 1.82) is 0 Å². The quantitative estimate of drug-likeness (QED) is 0.314. The summed E-state index contributed by atoms with van der Waals surface area (Å²) in [7, 11) is 0. The van der Waals surface area contributed by atoms with E-state index in [1.54, 1.807) is 18.2 Å². The molecule has 0 saturated heterocycles. The number of thiophene rings is 1. The number of amidine groups is 1. The summed E-state index contributed by atoms with van der Waals surface area (Å²) in [6.07, 6.45) is 0.371. The number of nitrogens with one attached hydrogen (secondary N) is 1. The van der Waals surface area contributed by atoms with Gasteiger partial charge in [-0.15, -0.1) is 11.3 Å². The van der Waals surface area contributed by atoms with Crippen LogP contribution in [0.25, 0.3) is 0 Å². The molecule has 0 aliphatic heterocycles. The number of para-hydroxylation sites is 2. The minimum atomic E-state index is -0.756. The van der Waals surface area contributed by atoms with Gasteiger partial charge < -0.3 is 21.0 Å². The SMILES string of the molecule is CCOc1ccccc1NC(=O)[C@H](Cc1cccs1)/C(N)=N\O. The Labute approximate surface area is 138 Å². The van der Waals surface area contributed by atoms with Gasteiger partial charge in [-0.3, -0.25) is 4.79 Å². The number of rotatable bonds is 7. The number of hydrogen-bond acceptors (Lipinski definition) is 5. The Bertz CT molecular complexity index is 671. The molecule has 6 nitrogen and oxygen atoms in total. The van der Waals surface area contributed by atoms with E-state index in [9.17, 15) is 4.79 Å². The van der Waals surface area contributed by atoms with E-state index in [0.29, 0.717) is 24.5 Å². The highest BCUT2D eigenvalue weighted by Crippen LogP contribution is 2.25. The van der Waals surface area contributed by atoms with Gasteiger partial charge in [0.2, 0.25) is 5.91 Å². The highest BCUT2D eigenvalue weighted by atomic mass is 32.1. The second-order valence-electron chi connectivity index (χ2n) is 4.78. The first kappa shape index (κ1) is 16.8. The number of ether oxygens (including phenoxy) is 1. The van der Waals surface area contributed by atoms with Crippen LogP contribution in [-0.4, -0.2) is 23.6 Å². The van der Waals surface area contributed by atoms with Crippen molar-refractivity contribution in [2.24, 2.45) is 16.8 Å². The molecule has 1 atom stereocenters.